The summed E-state index contributed by atoms with van der Waals surface area (Å²) in [6, 6.07) is 0. The van der Waals surface area contributed by atoms with Gasteiger partial charge in [0, 0.05) is 0 Å². The van der Waals surface area contributed by atoms with Crippen LogP contribution in [0.3, 0.4) is 0 Å². The number of rotatable bonds is 5. The smallest absolute Gasteiger partial charge is 0.0328 e. The lowest BCUT2D eigenvalue weighted by Crippen LogP contribution is -2.19. The molecular formula is C12H25. The van der Waals surface area contributed by atoms with Crippen molar-refractivity contribution in [1.29, 1.82) is 0 Å². The number of hydrogen-bond acceptors (Lipinski definition) is 0. The molecule has 12 heavy (non-hydrogen) atoms. The van der Waals surface area contributed by atoms with Gasteiger partial charge >= 0.3 is 0 Å². The van der Waals surface area contributed by atoms with E-state index < -0.39 is 0 Å². The predicted molar refractivity (Wildman–Crippen MR) is 57.0 cm³/mol. The molecule has 0 amide bonds. The summed E-state index contributed by atoms with van der Waals surface area (Å²) in [5.74, 6) is 1.60. The van der Waals surface area contributed by atoms with Crippen LogP contribution in [0.15, 0.2) is 0 Å². The van der Waals surface area contributed by atoms with E-state index in [2.05, 4.69) is 41.5 Å². The second-order valence-corrected chi connectivity index (χ2v) is 5.02. The lowest BCUT2D eigenvalue weighted by Gasteiger charge is -2.29. The van der Waals surface area contributed by atoms with Gasteiger partial charge in [0.25, 0.3) is 0 Å². The van der Waals surface area contributed by atoms with Crippen LogP contribution in [0.2, 0.25) is 0 Å². The molecule has 2 unspecified atom stereocenters. The summed E-state index contributed by atoms with van der Waals surface area (Å²) in [4.78, 5) is 0. The van der Waals surface area contributed by atoms with Crippen molar-refractivity contribution in [3.8, 4) is 0 Å². The van der Waals surface area contributed by atoms with Crippen LogP contribution >= 0.6 is 0 Å². The Labute approximate surface area is 78.8 Å². The van der Waals surface area contributed by atoms with Crippen molar-refractivity contribution >= 4 is 0 Å². The minimum atomic E-state index is 0.238. The highest BCUT2D eigenvalue weighted by Crippen LogP contribution is 2.31. The Balaban J connectivity index is 3.76. The van der Waals surface area contributed by atoms with Crippen molar-refractivity contribution in [2.45, 2.75) is 53.9 Å². The van der Waals surface area contributed by atoms with Crippen molar-refractivity contribution in [3.63, 3.8) is 0 Å². The molecule has 0 aromatic carbocycles. The zero-order valence-corrected chi connectivity index (χ0v) is 9.48. The maximum Gasteiger partial charge on any atom is -0.0328 e. The Morgan fingerprint density at radius 3 is 2.08 bits per heavy atom. The van der Waals surface area contributed by atoms with Gasteiger partial charge in [0.05, 0.1) is 0 Å². The van der Waals surface area contributed by atoms with Crippen LogP contribution in [0.25, 0.3) is 0 Å². The normalized spacial score (nSPS) is 17.5. The maximum absolute atomic E-state index is 4.18. The Morgan fingerprint density at radius 1 is 1.25 bits per heavy atom. The molecule has 0 saturated carbocycles. The zero-order chi connectivity index (χ0) is 9.78. The molecule has 0 aromatic rings. The molecule has 0 aliphatic carbocycles. The van der Waals surface area contributed by atoms with E-state index in [4.69, 9.17) is 0 Å². The molecule has 1 radical (unpaired) electrons. The molecule has 0 heterocycles. The van der Waals surface area contributed by atoms with Gasteiger partial charge in [0.1, 0.15) is 0 Å². The Morgan fingerprint density at radius 2 is 1.75 bits per heavy atom. The quantitative estimate of drug-likeness (QED) is 0.575. The van der Waals surface area contributed by atoms with Gasteiger partial charge in [0.15, 0.2) is 0 Å². The summed E-state index contributed by atoms with van der Waals surface area (Å²) >= 11 is 0. The van der Waals surface area contributed by atoms with Gasteiger partial charge in [-0.25, -0.2) is 0 Å². The summed E-state index contributed by atoms with van der Waals surface area (Å²) in [7, 11) is 0. The molecule has 0 spiro atoms. The van der Waals surface area contributed by atoms with Crippen LogP contribution in [-0.2, 0) is 0 Å². The molecule has 73 valence electrons. The SMILES string of the molecule is [CH2]C(C)(C)C(C)CC(C)CCC. The Bertz CT molecular complexity index is 108. The monoisotopic (exact) mass is 169 g/mol. The van der Waals surface area contributed by atoms with E-state index in [0.29, 0.717) is 0 Å². The molecule has 0 nitrogen and oxygen atoms in total. The maximum atomic E-state index is 4.18. The van der Waals surface area contributed by atoms with Crippen LogP contribution in [0.5, 0.6) is 0 Å². The zero-order valence-electron chi connectivity index (χ0n) is 9.48. The fraction of sp³-hybridized carbons (Fsp3) is 0.917. The fourth-order valence-corrected chi connectivity index (χ4v) is 1.53. The molecule has 0 rings (SSSR count). The first-order chi connectivity index (χ1) is 5.38. The van der Waals surface area contributed by atoms with Crippen LogP contribution in [-0.4, -0.2) is 0 Å². The van der Waals surface area contributed by atoms with Crippen LogP contribution < -0.4 is 0 Å². The number of hydrogen-bond donors (Lipinski definition) is 0. The lowest BCUT2D eigenvalue weighted by atomic mass is 9.77. The van der Waals surface area contributed by atoms with E-state index in [1.807, 2.05) is 0 Å². The van der Waals surface area contributed by atoms with E-state index in [1.165, 1.54) is 19.3 Å². The average Bonchev–Trinajstić information content (AvgIpc) is 1.85. The van der Waals surface area contributed by atoms with Crippen LogP contribution in [0.1, 0.15) is 53.9 Å². The highest BCUT2D eigenvalue weighted by molar-refractivity contribution is 4.78. The topological polar surface area (TPSA) is 0 Å². The minimum absolute atomic E-state index is 0.238. The van der Waals surface area contributed by atoms with E-state index in [9.17, 15) is 0 Å². The van der Waals surface area contributed by atoms with Crippen LogP contribution in [0, 0.1) is 24.2 Å². The first-order valence-electron chi connectivity index (χ1n) is 5.23. The molecule has 2 atom stereocenters. The highest BCUT2D eigenvalue weighted by atomic mass is 14.3. The van der Waals surface area contributed by atoms with Gasteiger partial charge in [-0.05, 0) is 30.6 Å². The third-order valence-corrected chi connectivity index (χ3v) is 2.87. The molecule has 0 heteroatoms. The second-order valence-electron chi connectivity index (χ2n) is 5.02. The van der Waals surface area contributed by atoms with E-state index >= 15 is 0 Å². The van der Waals surface area contributed by atoms with Crippen LogP contribution in [0.4, 0.5) is 0 Å². The van der Waals surface area contributed by atoms with Gasteiger partial charge in [0.2, 0.25) is 0 Å². The van der Waals surface area contributed by atoms with Gasteiger partial charge in [-0.2, -0.15) is 0 Å². The minimum Gasteiger partial charge on any atom is -0.0654 e. The average molecular weight is 169 g/mol. The Kier molecular flexibility index (Phi) is 4.89. The van der Waals surface area contributed by atoms with Crippen molar-refractivity contribution in [2.24, 2.45) is 17.3 Å². The second kappa shape index (κ2) is 4.89. The molecular weight excluding hydrogens is 144 g/mol. The lowest BCUT2D eigenvalue weighted by molar-refractivity contribution is 0.245. The molecule has 0 bridgehead atoms. The molecule has 0 saturated heterocycles. The summed E-state index contributed by atoms with van der Waals surface area (Å²) in [5.41, 5.74) is 0.238. The molecule has 0 N–H and O–H groups in total. The highest BCUT2D eigenvalue weighted by Gasteiger charge is 2.21. The van der Waals surface area contributed by atoms with Gasteiger partial charge < -0.3 is 0 Å². The largest absolute Gasteiger partial charge is 0.0654 e. The van der Waals surface area contributed by atoms with Gasteiger partial charge in [-0.1, -0.05) is 47.5 Å². The molecule has 0 aliphatic heterocycles. The van der Waals surface area contributed by atoms with E-state index in [-0.39, 0.29) is 5.41 Å². The molecule has 0 aromatic heterocycles. The third kappa shape index (κ3) is 4.79. The molecule has 0 aliphatic rings. The summed E-state index contributed by atoms with van der Waals surface area (Å²) in [5, 5.41) is 0. The third-order valence-electron chi connectivity index (χ3n) is 2.87. The van der Waals surface area contributed by atoms with Crippen molar-refractivity contribution in [2.75, 3.05) is 0 Å². The first kappa shape index (κ1) is 12.0. The fourth-order valence-electron chi connectivity index (χ4n) is 1.53. The predicted octanol–water partition coefficient (Wildman–Crippen LogP) is 4.31. The molecule has 0 fully saturated rings. The van der Waals surface area contributed by atoms with Crippen molar-refractivity contribution in [3.05, 3.63) is 6.92 Å². The Hall–Kier alpha value is 0. The summed E-state index contributed by atoms with van der Waals surface area (Å²) < 4.78 is 0. The van der Waals surface area contributed by atoms with Crippen molar-refractivity contribution in [1.82, 2.24) is 0 Å². The standard InChI is InChI=1S/C12H25/c1-7-8-10(2)9-11(3)12(4,5)6/h10-11H,4,7-9H2,1-3,5-6H3. The summed E-state index contributed by atoms with van der Waals surface area (Å²) in [6.07, 6.45) is 4.00. The van der Waals surface area contributed by atoms with Crippen molar-refractivity contribution < 1.29 is 0 Å². The van der Waals surface area contributed by atoms with Gasteiger partial charge in [-0.15, -0.1) is 0 Å². The van der Waals surface area contributed by atoms with E-state index in [0.717, 1.165) is 11.8 Å². The van der Waals surface area contributed by atoms with Gasteiger partial charge in [-0.3, -0.25) is 0 Å². The first-order valence-corrected chi connectivity index (χ1v) is 5.23. The van der Waals surface area contributed by atoms with E-state index in [1.54, 1.807) is 0 Å². The summed E-state index contributed by atoms with van der Waals surface area (Å²) in [6.45, 7) is 15.6.